The molecule has 116 valence electrons. The summed E-state index contributed by atoms with van der Waals surface area (Å²) in [6.07, 6.45) is 0.0770. The van der Waals surface area contributed by atoms with Gasteiger partial charge in [-0.05, 0) is 35.9 Å². The van der Waals surface area contributed by atoms with Crippen molar-refractivity contribution in [3.8, 4) is 5.75 Å². The number of thiol groups is 1. The van der Waals surface area contributed by atoms with Crippen LogP contribution in [0.1, 0.15) is 12.0 Å². The van der Waals surface area contributed by atoms with E-state index >= 15 is 0 Å². The molecule has 0 radical (unpaired) electrons. The maximum absolute atomic E-state index is 14.0. The second-order valence-electron chi connectivity index (χ2n) is 5.48. The average molecular weight is 331 g/mol. The number of hydrogen-bond donors (Lipinski definition) is 1. The molecule has 21 heavy (non-hydrogen) atoms. The van der Waals surface area contributed by atoms with Crippen molar-refractivity contribution in [3.63, 3.8) is 0 Å². The van der Waals surface area contributed by atoms with Gasteiger partial charge in [-0.1, -0.05) is 0 Å². The molecule has 1 fully saturated rings. The van der Waals surface area contributed by atoms with Gasteiger partial charge in [0, 0.05) is 25.4 Å². The molecule has 3 rings (SSSR count). The number of hydrogen-bond acceptors (Lipinski definition) is 4. The van der Waals surface area contributed by atoms with Crippen molar-refractivity contribution < 1.29 is 17.5 Å². The lowest BCUT2D eigenvalue weighted by Crippen LogP contribution is -2.45. The number of piperidine rings is 1. The molecule has 0 aromatic heterocycles. The minimum absolute atomic E-state index is 0.0822. The van der Waals surface area contributed by atoms with Gasteiger partial charge in [-0.2, -0.15) is 16.9 Å². The number of sulfonamides is 1. The number of halogens is 1. The van der Waals surface area contributed by atoms with Crippen LogP contribution in [0.5, 0.6) is 5.75 Å². The molecule has 1 saturated heterocycles. The highest BCUT2D eigenvalue weighted by molar-refractivity contribution is 7.89. The van der Waals surface area contributed by atoms with Crippen LogP contribution in [0.4, 0.5) is 4.39 Å². The minimum atomic E-state index is -3.64. The molecular formula is C14H18FNO3S2. The second-order valence-corrected chi connectivity index (χ2v) is 7.78. The zero-order chi connectivity index (χ0) is 15.0. The molecular weight excluding hydrogens is 313 g/mol. The molecule has 0 unspecified atom stereocenters. The second kappa shape index (κ2) is 5.78. The van der Waals surface area contributed by atoms with Crippen molar-refractivity contribution in [3.05, 3.63) is 23.8 Å². The highest BCUT2D eigenvalue weighted by atomic mass is 32.2. The molecule has 1 aromatic rings. The van der Waals surface area contributed by atoms with Crippen LogP contribution >= 0.6 is 12.6 Å². The maximum Gasteiger partial charge on any atom is 0.243 e. The number of fused-ring (bicyclic) bond motifs is 1. The Kier molecular flexibility index (Phi) is 4.16. The summed E-state index contributed by atoms with van der Waals surface area (Å²) < 4.78 is 45.9. The first kappa shape index (κ1) is 15.1. The maximum atomic E-state index is 14.0. The first-order chi connectivity index (χ1) is 10.0. The molecule has 0 saturated carbocycles. The van der Waals surface area contributed by atoms with Gasteiger partial charge in [0.15, 0.2) is 0 Å². The van der Waals surface area contributed by atoms with Gasteiger partial charge in [0.05, 0.1) is 11.5 Å². The third-order valence-electron chi connectivity index (χ3n) is 4.17. The zero-order valence-electron chi connectivity index (χ0n) is 11.5. The van der Waals surface area contributed by atoms with Gasteiger partial charge >= 0.3 is 0 Å². The van der Waals surface area contributed by atoms with Crippen LogP contribution in [0.3, 0.4) is 0 Å². The third kappa shape index (κ3) is 2.78. The minimum Gasteiger partial charge on any atom is -0.493 e. The van der Waals surface area contributed by atoms with E-state index in [1.165, 1.54) is 10.4 Å². The van der Waals surface area contributed by atoms with Crippen LogP contribution in [0.2, 0.25) is 0 Å². The van der Waals surface area contributed by atoms with Gasteiger partial charge in [-0.15, -0.1) is 0 Å². The van der Waals surface area contributed by atoms with E-state index < -0.39 is 16.2 Å². The van der Waals surface area contributed by atoms with Gasteiger partial charge in [-0.3, -0.25) is 0 Å². The van der Waals surface area contributed by atoms with Crippen molar-refractivity contribution in [1.29, 1.82) is 0 Å². The van der Waals surface area contributed by atoms with E-state index in [0.29, 0.717) is 31.7 Å². The number of rotatable bonds is 3. The third-order valence-corrected chi connectivity index (χ3v) is 6.50. The fraction of sp³-hybridized carbons (Fsp3) is 0.571. The summed E-state index contributed by atoms with van der Waals surface area (Å²) >= 11 is 4.12. The van der Waals surface area contributed by atoms with Crippen molar-refractivity contribution in [2.45, 2.75) is 23.9 Å². The van der Waals surface area contributed by atoms with Crippen LogP contribution < -0.4 is 4.74 Å². The largest absolute Gasteiger partial charge is 0.493 e. The lowest BCUT2D eigenvalue weighted by molar-refractivity contribution is 0.147. The SMILES string of the molecule is O=S(=O)(c1ccc2c(c1)CCO2)N1CC[C@H](CS)[C@@H](F)C1. The first-order valence-electron chi connectivity index (χ1n) is 7.03. The fourth-order valence-corrected chi connectivity index (χ4v) is 4.75. The van der Waals surface area contributed by atoms with E-state index in [4.69, 9.17) is 4.74 Å². The summed E-state index contributed by atoms with van der Waals surface area (Å²) in [5.74, 6) is 1.03. The Labute approximate surface area is 129 Å². The predicted octanol–water partition coefficient (Wildman–Crippen LogP) is 1.90. The normalized spacial score (nSPS) is 26.4. The van der Waals surface area contributed by atoms with Gasteiger partial charge in [0.25, 0.3) is 0 Å². The van der Waals surface area contributed by atoms with Crippen molar-refractivity contribution in [2.75, 3.05) is 25.4 Å². The number of ether oxygens (including phenoxy) is 1. The monoisotopic (exact) mass is 331 g/mol. The molecule has 7 heteroatoms. The summed E-state index contributed by atoms with van der Waals surface area (Å²) in [6.45, 7) is 0.849. The summed E-state index contributed by atoms with van der Waals surface area (Å²) in [6, 6.07) is 4.87. The van der Waals surface area contributed by atoms with Crippen LogP contribution in [-0.4, -0.2) is 44.3 Å². The topological polar surface area (TPSA) is 46.6 Å². The number of benzene rings is 1. The lowest BCUT2D eigenvalue weighted by atomic mass is 9.98. The Balaban J connectivity index is 1.84. The molecule has 0 bridgehead atoms. The highest BCUT2D eigenvalue weighted by Gasteiger charge is 2.35. The van der Waals surface area contributed by atoms with Gasteiger partial charge in [0.2, 0.25) is 10.0 Å². The van der Waals surface area contributed by atoms with E-state index in [9.17, 15) is 12.8 Å². The summed E-state index contributed by atoms with van der Waals surface area (Å²) in [5, 5.41) is 0. The van der Waals surface area contributed by atoms with Crippen molar-refractivity contribution in [2.24, 2.45) is 5.92 Å². The van der Waals surface area contributed by atoms with Gasteiger partial charge in [0.1, 0.15) is 11.9 Å². The van der Waals surface area contributed by atoms with Crippen LogP contribution in [0.15, 0.2) is 23.1 Å². The van der Waals surface area contributed by atoms with E-state index in [1.807, 2.05) is 0 Å². The lowest BCUT2D eigenvalue weighted by Gasteiger charge is -2.33. The van der Waals surface area contributed by atoms with E-state index in [-0.39, 0.29) is 17.4 Å². The molecule has 2 aliphatic rings. The molecule has 2 aliphatic heterocycles. The fourth-order valence-electron chi connectivity index (χ4n) is 2.82. The van der Waals surface area contributed by atoms with E-state index in [0.717, 1.165) is 11.3 Å². The smallest absolute Gasteiger partial charge is 0.243 e. The highest BCUT2D eigenvalue weighted by Crippen LogP contribution is 2.31. The van der Waals surface area contributed by atoms with Gasteiger partial charge in [-0.25, -0.2) is 12.8 Å². The quantitative estimate of drug-likeness (QED) is 0.861. The van der Waals surface area contributed by atoms with Crippen molar-refractivity contribution in [1.82, 2.24) is 4.31 Å². The van der Waals surface area contributed by atoms with Crippen LogP contribution in [0, 0.1) is 5.92 Å². The van der Waals surface area contributed by atoms with E-state index in [2.05, 4.69) is 12.6 Å². The van der Waals surface area contributed by atoms with Gasteiger partial charge < -0.3 is 4.74 Å². The molecule has 0 aliphatic carbocycles. The molecule has 0 amide bonds. The molecule has 1 aromatic carbocycles. The van der Waals surface area contributed by atoms with E-state index in [1.54, 1.807) is 12.1 Å². The molecule has 2 heterocycles. The number of nitrogens with zero attached hydrogens (tertiary/aromatic N) is 1. The summed E-state index contributed by atoms with van der Waals surface area (Å²) in [5.41, 5.74) is 0.901. The number of alkyl halides is 1. The molecule has 4 nitrogen and oxygen atoms in total. The Bertz CT molecular complexity index is 635. The van der Waals surface area contributed by atoms with Crippen LogP contribution in [-0.2, 0) is 16.4 Å². The molecule has 2 atom stereocenters. The summed E-state index contributed by atoms with van der Waals surface area (Å²) in [4.78, 5) is 0.225. The first-order valence-corrected chi connectivity index (χ1v) is 9.10. The predicted molar refractivity (Wildman–Crippen MR) is 81.3 cm³/mol. The Morgan fingerprint density at radius 3 is 2.95 bits per heavy atom. The zero-order valence-corrected chi connectivity index (χ0v) is 13.2. The molecule has 0 spiro atoms. The Morgan fingerprint density at radius 1 is 1.43 bits per heavy atom. The summed E-state index contributed by atoms with van der Waals surface area (Å²) in [7, 11) is -3.64. The Morgan fingerprint density at radius 2 is 2.24 bits per heavy atom. The Hall–Kier alpha value is -0.790. The average Bonchev–Trinajstić information content (AvgIpc) is 2.94. The van der Waals surface area contributed by atoms with Crippen molar-refractivity contribution >= 4 is 22.7 Å². The molecule has 0 N–H and O–H groups in total. The van der Waals surface area contributed by atoms with Crippen LogP contribution in [0.25, 0.3) is 0 Å². The standard InChI is InChI=1S/C14H18FNO3S2/c15-13-8-16(5-3-11(13)9-20)21(17,18)12-1-2-14-10(7-12)4-6-19-14/h1-2,7,11,13,20H,3-6,8-9H2/t11-,13+/m1/s1.